The van der Waals surface area contributed by atoms with Gasteiger partial charge in [-0.3, -0.25) is 14.1 Å². The highest BCUT2D eigenvalue weighted by molar-refractivity contribution is 7.92. The fourth-order valence-corrected chi connectivity index (χ4v) is 3.48. The van der Waals surface area contributed by atoms with Gasteiger partial charge in [0.15, 0.2) is 0 Å². The fraction of sp³-hybridized carbons (Fsp3) is 0.263. The Labute approximate surface area is 168 Å². The molecule has 152 valence electrons. The zero-order valence-corrected chi connectivity index (χ0v) is 17.0. The van der Waals surface area contributed by atoms with E-state index in [0.29, 0.717) is 11.5 Å². The van der Waals surface area contributed by atoms with Crippen LogP contribution in [0.4, 0.5) is 5.69 Å². The molecule has 0 radical (unpaired) electrons. The molecule has 0 spiro atoms. The Balaban J connectivity index is 1.70. The zero-order valence-electron chi connectivity index (χ0n) is 16.2. The Hall–Kier alpha value is -3.27. The summed E-state index contributed by atoms with van der Waals surface area (Å²) in [6.45, 7) is 3.21. The van der Waals surface area contributed by atoms with Gasteiger partial charge in [-0.15, -0.1) is 0 Å². The molecule has 1 atom stereocenters. The molecule has 9 nitrogen and oxygen atoms in total. The maximum Gasteiger partial charge on any atom is 0.249 e. The third-order valence-corrected chi connectivity index (χ3v) is 5.28. The van der Waals surface area contributed by atoms with Crippen LogP contribution in [0, 0.1) is 6.92 Å². The van der Waals surface area contributed by atoms with Crippen molar-refractivity contribution in [2.75, 3.05) is 17.1 Å². The summed E-state index contributed by atoms with van der Waals surface area (Å²) >= 11 is 0. The van der Waals surface area contributed by atoms with Crippen molar-refractivity contribution in [1.82, 2.24) is 20.4 Å². The van der Waals surface area contributed by atoms with Crippen LogP contribution in [0.25, 0.3) is 11.4 Å². The van der Waals surface area contributed by atoms with E-state index in [4.69, 9.17) is 4.52 Å². The van der Waals surface area contributed by atoms with Crippen molar-refractivity contribution in [1.29, 1.82) is 0 Å². The number of pyridine rings is 1. The van der Waals surface area contributed by atoms with E-state index in [9.17, 15) is 13.2 Å². The standard InChI is InChI=1S/C19H21N5O4S/c1-13-4-6-16(7-5-13)24(29(3,26)27)12-17(25)21-14(2)19-22-18(23-28-19)15-8-10-20-11-9-15/h4-11,14H,12H2,1-3H3,(H,21,25). The molecule has 0 aliphatic rings. The predicted octanol–water partition coefficient (Wildman–Crippen LogP) is 2.08. The Morgan fingerprint density at radius 2 is 1.83 bits per heavy atom. The molecule has 0 aliphatic heterocycles. The molecule has 2 aromatic heterocycles. The number of hydrogen-bond acceptors (Lipinski definition) is 7. The predicted molar refractivity (Wildman–Crippen MR) is 107 cm³/mol. The maximum atomic E-state index is 12.5. The first kappa shape index (κ1) is 20.5. The smallest absolute Gasteiger partial charge is 0.249 e. The number of amides is 1. The van der Waals surface area contributed by atoms with Gasteiger partial charge in [-0.25, -0.2) is 8.42 Å². The van der Waals surface area contributed by atoms with Gasteiger partial charge in [0.25, 0.3) is 0 Å². The molecule has 3 rings (SSSR count). The van der Waals surface area contributed by atoms with Crippen LogP contribution in [0.5, 0.6) is 0 Å². The van der Waals surface area contributed by atoms with Gasteiger partial charge >= 0.3 is 0 Å². The van der Waals surface area contributed by atoms with Crippen LogP contribution in [0.15, 0.2) is 53.3 Å². The summed E-state index contributed by atoms with van der Waals surface area (Å²) in [5.74, 6) is 0.0967. The van der Waals surface area contributed by atoms with Crippen LogP contribution in [0.3, 0.4) is 0 Å². The highest BCUT2D eigenvalue weighted by atomic mass is 32.2. The van der Waals surface area contributed by atoms with Gasteiger partial charge in [-0.1, -0.05) is 22.9 Å². The molecule has 0 aliphatic carbocycles. The topological polar surface area (TPSA) is 118 Å². The second-order valence-corrected chi connectivity index (χ2v) is 8.49. The van der Waals surface area contributed by atoms with Gasteiger partial charge < -0.3 is 9.84 Å². The molecule has 1 aromatic carbocycles. The highest BCUT2D eigenvalue weighted by Crippen LogP contribution is 2.20. The van der Waals surface area contributed by atoms with E-state index in [1.54, 1.807) is 55.7 Å². The van der Waals surface area contributed by atoms with Crippen molar-refractivity contribution < 1.29 is 17.7 Å². The lowest BCUT2D eigenvalue weighted by Crippen LogP contribution is -2.41. The lowest BCUT2D eigenvalue weighted by atomic mass is 10.2. The Morgan fingerprint density at radius 1 is 1.17 bits per heavy atom. The first-order valence-electron chi connectivity index (χ1n) is 8.82. The van der Waals surface area contributed by atoms with Gasteiger partial charge in [0.2, 0.25) is 27.6 Å². The average molecular weight is 415 g/mol. The lowest BCUT2D eigenvalue weighted by Gasteiger charge is -2.22. The molecular weight excluding hydrogens is 394 g/mol. The zero-order chi connectivity index (χ0) is 21.0. The molecule has 10 heteroatoms. The number of carbonyl (C=O) groups excluding carboxylic acids is 1. The third kappa shape index (κ3) is 5.17. The summed E-state index contributed by atoms with van der Waals surface area (Å²) in [5, 5.41) is 6.59. The van der Waals surface area contributed by atoms with Crippen molar-refractivity contribution in [2.24, 2.45) is 0 Å². The second kappa shape index (κ2) is 8.39. The van der Waals surface area contributed by atoms with Crippen molar-refractivity contribution in [3.63, 3.8) is 0 Å². The van der Waals surface area contributed by atoms with E-state index in [-0.39, 0.29) is 12.4 Å². The molecule has 3 aromatic rings. The Morgan fingerprint density at radius 3 is 2.45 bits per heavy atom. The van der Waals surface area contributed by atoms with Crippen molar-refractivity contribution in [3.8, 4) is 11.4 Å². The van der Waals surface area contributed by atoms with E-state index in [0.717, 1.165) is 21.7 Å². The summed E-state index contributed by atoms with van der Waals surface area (Å²) in [7, 11) is -3.64. The molecule has 2 heterocycles. The molecule has 29 heavy (non-hydrogen) atoms. The van der Waals surface area contributed by atoms with Crippen molar-refractivity contribution in [3.05, 3.63) is 60.2 Å². The van der Waals surface area contributed by atoms with Crippen LogP contribution in [0.2, 0.25) is 0 Å². The summed E-state index contributed by atoms with van der Waals surface area (Å²) in [6, 6.07) is 9.77. The molecule has 0 bridgehead atoms. The van der Waals surface area contributed by atoms with Gasteiger partial charge in [0, 0.05) is 18.0 Å². The highest BCUT2D eigenvalue weighted by Gasteiger charge is 2.23. The van der Waals surface area contributed by atoms with Gasteiger partial charge in [0.05, 0.1) is 11.9 Å². The minimum atomic E-state index is -3.64. The minimum Gasteiger partial charge on any atom is -0.343 e. The molecule has 0 fully saturated rings. The quantitative estimate of drug-likeness (QED) is 0.627. The number of benzene rings is 1. The summed E-state index contributed by atoms with van der Waals surface area (Å²) in [4.78, 5) is 20.7. The van der Waals surface area contributed by atoms with E-state index in [2.05, 4.69) is 20.4 Å². The number of hydrogen-bond donors (Lipinski definition) is 1. The van der Waals surface area contributed by atoms with Gasteiger partial charge in [0.1, 0.15) is 12.6 Å². The van der Waals surface area contributed by atoms with Gasteiger partial charge in [-0.2, -0.15) is 4.98 Å². The summed E-state index contributed by atoms with van der Waals surface area (Å²) < 4.78 is 30.6. The van der Waals surface area contributed by atoms with E-state index in [1.165, 1.54) is 0 Å². The summed E-state index contributed by atoms with van der Waals surface area (Å²) in [6.07, 6.45) is 4.28. The summed E-state index contributed by atoms with van der Waals surface area (Å²) in [5.41, 5.74) is 2.14. The number of nitrogens with one attached hydrogen (secondary N) is 1. The minimum absolute atomic E-state index is 0.214. The van der Waals surface area contributed by atoms with Crippen molar-refractivity contribution in [2.45, 2.75) is 19.9 Å². The Kier molecular flexibility index (Phi) is 5.92. The average Bonchev–Trinajstić information content (AvgIpc) is 3.17. The number of aryl methyl sites for hydroxylation is 1. The number of carbonyl (C=O) groups is 1. The van der Waals surface area contributed by atoms with E-state index >= 15 is 0 Å². The number of nitrogens with zero attached hydrogens (tertiary/aromatic N) is 4. The molecular formula is C19H21N5O4S. The maximum absolute atomic E-state index is 12.5. The first-order valence-corrected chi connectivity index (χ1v) is 10.7. The number of anilines is 1. The molecule has 0 saturated heterocycles. The first-order chi connectivity index (χ1) is 13.7. The van der Waals surface area contributed by atoms with Crippen LogP contribution < -0.4 is 9.62 Å². The molecule has 1 amide bonds. The van der Waals surface area contributed by atoms with Crippen LogP contribution in [-0.2, 0) is 14.8 Å². The van der Waals surface area contributed by atoms with Crippen LogP contribution in [-0.4, -0.2) is 42.3 Å². The number of aromatic nitrogens is 3. The normalized spacial score (nSPS) is 12.4. The molecule has 1 N–H and O–H groups in total. The monoisotopic (exact) mass is 415 g/mol. The largest absolute Gasteiger partial charge is 0.343 e. The number of rotatable bonds is 7. The lowest BCUT2D eigenvalue weighted by molar-refractivity contribution is -0.120. The van der Waals surface area contributed by atoms with Gasteiger partial charge in [-0.05, 0) is 38.1 Å². The van der Waals surface area contributed by atoms with Crippen LogP contribution in [0.1, 0.15) is 24.4 Å². The molecule has 0 saturated carbocycles. The molecule has 1 unspecified atom stereocenters. The van der Waals surface area contributed by atoms with Crippen LogP contribution >= 0.6 is 0 Å². The number of sulfonamides is 1. The van der Waals surface area contributed by atoms with E-state index in [1.807, 2.05) is 6.92 Å². The van der Waals surface area contributed by atoms with E-state index < -0.39 is 22.0 Å². The second-order valence-electron chi connectivity index (χ2n) is 6.59. The van der Waals surface area contributed by atoms with Crippen molar-refractivity contribution >= 4 is 21.6 Å². The third-order valence-electron chi connectivity index (χ3n) is 4.14. The SMILES string of the molecule is Cc1ccc(N(CC(=O)NC(C)c2nc(-c3ccncc3)no2)S(C)(=O)=O)cc1. The Bertz CT molecular complexity index is 1080. The fourth-order valence-electron chi connectivity index (χ4n) is 2.62.